The molecule has 0 aliphatic carbocycles. The molecule has 1 aliphatic heterocycles. The highest BCUT2D eigenvalue weighted by atomic mass is 35.5. The third-order valence-corrected chi connectivity index (χ3v) is 3.08. The van der Waals surface area contributed by atoms with Gasteiger partial charge in [0.05, 0.1) is 0 Å². The van der Waals surface area contributed by atoms with Crippen molar-refractivity contribution < 1.29 is 4.79 Å². The molecule has 1 rings (SSSR count). The maximum absolute atomic E-state index is 11.9. The molecule has 2 N–H and O–H groups in total. The monoisotopic (exact) mass is 248 g/mol. The van der Waals surface area contributed by atoms with E-state index in [1.54, 1.807) is 0 Å². The molecule has 0 aromatic carbocycles. The van der Waals surface area contributed by atoms with E-state index >= 15 is 0 Å². The van der Waals surface area contributed by atoms with E-state index < -0.39 is 0 Å². The summed E-state index contributed by atoms with van der Waals surface area (Å²) >= 11 is 0. The Morgan fingerprint density at radius 3 is 2.38 bits per heavy atom. The fourth-order valence-electron chi connectivity index (χ4n) is 1.97. The summed E-state index contributed by atoms with van der Waals surface area (Å²) in [4.78, 5) is 13.9. The molecule has 3 nitrogen and oxygen atoms in total. The highest BCUT2D eigenvalue weighted by molar-refractivity contribution is 5.85. The minimum atomic E-state index is 0. The Kier molecular flexibility index (Phi) is 5.27. The van der Waals surface area contributed by atoms with Crippen molar-refractivity contribution in [2.75, 3.05) is 19.6 Å². The minimum Gasteiger partial charge on any atom is -0.342 e. The summed E-state index contributed by atoms with van der Waals surface area (Å²) in [5.74, 6) is 0.277. The van der Waals surface area contributed by atoms with Gasteiger partial charge in [0.25, 0.3) is 0 Å². The first-order valence-corrected chi connectivity index (χ1v) is 5.74. The van der Waals surface area contributed by atoms with Crippen molar-refractivity contribution in [3.05, 3.63) is 0 Å². The van der Waals surface area contributed by atoms with Crippen LogP contribution < -0.4 is 5.73 Å². The SMILES string of the molecule is CC(C)(C)CC(=O)N1CCC(C)(CN)C1.Cl. The van der Waals surface area contributed by atoms with Gasteiger partial charge in [0.1, 0.15) is 0 Å². The van der Waals surface area contributed by atoms with Crippen molar-refractivity contribution >= 4 is 18.3 Å². The van der Waals surface area contributed by atoms with Crippen LogP contribution in [0.25, 0.3) is 0 Å². The van der Waals surface area contributed by atoms with E-state index in [1.807, 2.05) is 4.90 Å². The fourth-order valence-corrected chi connectivity index (χ4v) is 1.97. The van der Waals surface area contributed by atoms with Gasteiger partial charge in [0.2, 0.25) is 5.91 Å². The van der Waals surface area contributed by atoms with Crippen LogP contribution >= 0.6 is 12.4 Å². The number of halogens is 1. The van der Waals surface area contributed by atoms with Gasteiger partial charge in [-0.2, -0.15) is 0 Å². The van der Waals surface area contributed by atoms with Crippen LogP contribution in [-0.2, 0) is 4.79 Å². The van der Waals surface area contributed by atoms with Crippen molar-refractivity contribution in [2.45, 2.75) is 40.5 Å². The average molecular weight is 249 g/mol. The van der Waals surface area contributed by atoms with Crippen LogP contribution in [0.3, 0.4) is 0 Å². The zero-order chi connectivity index (χ0) is 11.7. The first-order chi connectivity index (χ1) is 6.76. The third kappa shape index (κ3) is 4.30. The molecule has 4 heteroatoms. The van der Waals surface area contributed by atoms with Crippen molar-refractivity contribution in [3.8, 4) is 0 Å². The highest BCUT2D eigenvalue weighted by Crippen LogP contribution is 2.30. The molecule has 16 heavy (non-hydrogen) atoms. The maximum Gasteiger partial charge on any atom is 0.223 e. The van der Waals surface area contributed by atoms with E-state index in [0.717, 1.165) is 19.5 Å². The van der Waals surface area contributed by atoms with Gasteiger partial charge in [0, 0.05) is 19.5 Å². The quantitative estimate of drug-likeness (QED) is 0.813. The molecular weight excluding hydrogens is 224 g/mol. The van der Waals surface area contributed by atoms with Gasteiger partial charge >= 0.3 is 0 Å². The van der Waals surface area contributed by atoms with Gasteiger partial charge in [0.15, 0.2) is 0 Å². The smallest absolute Gasteiger partial charge is 0.223 e. The van der Waals surface area contributed by atoms with E-state index in [1.165, 1.54) is 0 Å². The van der Waals surface area contributed by atoms with E-state index in [0.29, 0.717) is 13.0 Å². The second kappa shape index (κ2) is 5.37. The number of carbonyl (C=O) groups is 1. The number of rotatable bonds is 2. The molecule has 0 aromatic heterocycles. The molecule has 1 amide bonds. The summed E-state index contributed by atoms with van der Waals surface area (Å²) in [5.41, 5.74) is 5.95. The highest BCUT2D eigenvalue weighted by Gasteiger charge is 2.35. The lowest BCUT2D eigenvalue weighted by atomic mass is 9.90. The molecule has 0 bridgehead atoms. The standard InChI is InChI=1S/C12H24N2O.ClH/c1-11(2,3)7-10(15)14-6-5-12(4,8-13)9-14;/h5-9,13H2,1-4H3;1H. The topological polar surface area (TPSA) is 46.3 Å². The van der Waals surface area contributed by atoms with Crippen LogP contribution in [-0.4, -0.2) is 30.4 Å². The Morgan fingerprint density at radius 1 is 1.44 bits per heavy atom. The summed E-state index contributed by atoms with van der Waals surface area (Å²) in [6.45, 7) is 10.8. The molecular formula is C12H25ClN2O. The predicted octanol–water partition coefficient (Wildman–Crippen LogP) is 2.04. The number of likely N-dealkylation sites (tertiary alicyclic amines) is 1. The maximum atomic E-state index is 11.9. The van der Waals surface area contributed by atoms with Crippen LogP contribution in [0, 0.1) is 10.8 Å². The molecule has 1 atom stereocenters. The number of hydrogen-bond acceptors (Lipinski definition) is 2. The number of nitrogens with two attached hydrogens (primary N) is 1. The molecule has 1 saturated heterocycles. The summed E-state index contributed by atoms with van der Waals surface area (Å²) in [6.07, 6.45) is 1.67. The van der Waals surface area contributed by atoms with Crippen molar-refractivity contribution in [1.82, 2.24) is 4.90 Å². The Balaban J connectivity index is 0.00000225. The van der Waals surface area contributed by atoms with Crippen LogP contribution in [0.2, 0.25) is 0 Å². The molecule has 1 fully saturated rings. The van der Waals surface area contributed by atoms with Gasteiger partial charge in [-0.05, 0) is 23.8 Å². The molecule has 0 spiro atoms. The van der Waals surface area contributed by atoms with Gasteiger partial charge in [-0.1, -0.05) is 27.7 Å². The van der Waals surface area contributed by atoms with E-state index in [-0.39, 0.29) is 29.1 Å². The first-order valence-electron chi connectivity index (χ1n) is 5.74. The van der Waals surface area contributed by atoms with Crippen LogP contribution in [0.15, 0.2) is 0 Å². The fraction of sp³-hybridized carbons (Fsp3) is 0.917. The van der Waals surface area contributed by atoms with Crippen LogP contribution in [0.4, 0.5) is 0 Å². The largest absolute Gasteiger partial charge is 0.342 e. The van der Waals surface area contributed by atoms with Gasteiger partial charge in [-0.15, -0.1) is 12.4 Å². The lowest BCUT2D eigenvalue weighted by Crippen LogP contribution is -2.35. The van der Waals surface area contributed by atoms with Crippen LogP contribution in [0.5, 0.6) is 0 Å². The van der Waals surface area contributed by atoms with Crippen molar-refractivity contribution in [2.24, 2.45) is 16.6 Å². The molecule has 1 unspecified atom stereocenters. The Hall–Kier alpha value is -0.280. The Labute approximate surface area is 105 Å². The minimum absolute atomic E-state index is 0. The van der Waals surface area contributed by atoms with Gasteiger partial charge in [-0.25, -0.2) is 0 Å². The molecule has 96 valence electrons. The number of hydrogen-bond donors (Lipinski definition) is 1. The summed E-state index contributed by atoms with van der Waals surface area (Å²) in [7, 11) is 0. The zero-order valence-corrected chi connectivity index (χ0v) is 11.7. The number of carbonyl (C=O) groups excluding carboxylic acids is 1. The molecule has 1 aliphatic rings. The summed E-state index contributed by atoms with van der Waals surface area (Å²) in [5, 5.41) is 0. The number of nitrogens with zero attached hydrogens (tertiary/aromatic N) is 1. The first kappa shape index (κ1) is 15.7. The second-order valence-corrected chi connectivity index (χ2v) is 6.32. The lowest BCUT2D eigenvalue weighted by Gasteiger charge is -2.25. The summed E-state index contributed by atoms with van der Waals surface area (Å²) < 4.78 is 0. The van der Waals surface area contributed by atoms with Gasteiger partial charge < -0.3 is 10.6 Å². The Morgan fingerprint density at radius 2 is 2.00 bits per heavy atom. The molecule has 0 saturated carbocycles. The van der Waals surface area contributed by atoms with Gasteiger partial charge in [-0.3, -0.25) is 4.79 Å². The lowest BCUT2D eigenvalue weighted by molar-refractivity contribution is -0.132. The second-order valence-electron chi connectivity index (χ2n) is 6.32. The molecule has 0 radical (unpaired) electrons. The predicted molar refractivity (Wildman–Crippen MR) is 69.7 cm³/mol. The molecule has 0 aromatic rings. The Bertz CT molecular complexity index is 250. The van der Waals surface area contributed by atoms with Crippen molar-refractivity contribution in [1.29, 1.82) is 0 Å². The van der Waals surface area contributed by atoms with Crippen LogP contribution in [0.1, 0.15) is 40.5 Å². The average Bonchev–Trinajstić information content (AvgIpc) is 2.46. The van der Waals surface area contributed by atoms with E-state index in [9.17, 15) is 4.79 Å². The van der Waals surface area contributed by atoms with E-state index in [2.05, 4.69) is 27.7 Å². The molecule has 1 heterocycles. The third-order valence-electron chi connectivity index (χ3n) is 3.08. The van der Waals surface area contributed by atoms with Crippen molar-refractivity contribution in [3.63, 3.8) is 0 Å². The summed E-state index contributed by atoms with van der Waals surface area (Å²) in [6, 6.07) is 0. The normalized spacial score (nSPS) is 25.4. The van der Waals surface area contributed by atoms with E-state index in [4.69, 9.17) is 5.73 Å². The number of amides is 1. The zero-order valence-electron chi connectivity index (χ0n) is 10.9.